The summed E-state index contributed by atoms with van der Waals surface area (Å²) in [6.45, 7) is 11.4. The van der Waals surface area contributed by atoms with E-state index in [4.69, 9.17) is 4.74 Å². The average molecular weight is 910 g/mol. The summed E-state index contributed by atoms with van der Waals surface area (Å²) in [5.74, 6) is 3.85. The summed E-state index contributed by atoms with van der Waals surface area (Å²) in [7, 11) is 1.34. The third-order valence-corrected chi connectivity index (χ3v) is 14.5. The fourth-order valence-electron chi connectivity index (χ4n) is 10.4. The van der Waals surface area contributed by atoms with Crippen molar-refractivity contribution in [1.82, 2.24) is 29.8 Å². The summed E-state index contributed by atoms with van der Waals surface area (Å²) in [5.41, 5.74) is 2.39. The second-order valence-corrected chi connectivity index (χ2v) is 19.1. The minimum Gasteiger partial charge on any atom is -0.494 e. The molecule has 0 aromatic heterocycles. The molecule has 12 heteroatoms. The standard InChI is InChI=1S/C33H37FN4O4.C17H25BrN2/c1-42-27-12-11-25-21-38(31(40)29(25)30(27)34)22-33(19-28(39)35-32(33)41)14-13-23-7-9-24(10-8-23)20-36-15-17-37(18-16-36)26-5-3-2-4-6-26;18-16-8-6-15(7-9-16)14-19-10-12-20(13-11-19)17-4-2-1-3-5-17/h7-12,26H,2-6,15-22H2,1H3,(H,35,39,41);6-9,17H,1-5,10-14H2/t33-;/m0./s1. The van der Waals surface area contributed by atoms with Crippen molar-refractivity contribution < 1.29 is 23.5 Å². The molecule has 1 N–H and O–H groups in total. The molecule has 330 valence electrons. The zero-order valence-corrected chi connectivity index (χ0v) is 37.9. The Kier molecular flexibility index (Phi) is 14.8. The minimum absolute atomic E-state index is 0.0163. The van der Waals surface area contributed by atoms with E-state index in [1.807, 2.05) is 12.1 Å². The van der Waals surface area contributed by atoms with Gasteiger partial charge >= 0.3 is 0 Å². The quantitative estimate of drug-likeness (QED) is 0.178. The van der Waals surface area contributed by atoms with Crippen molar-refractivity contribution in [2.24, 2.45) is 5.41 Å². The molecule has 4 aliphatic heterocycles. The van der Waals surface area contributed by atoms with Gasteiger partial charge in [0.15, 0.2) is 11.6 Å². The third kappa shape index (κ3) is 10.8. The molecule has 0 radical (unpaired) electrons. The van der Waals surface area contributed by atoms with E-state index in [-0.39, 0.29) is 30.8 Å². The summed E-state index contributed by atoms with van der Waals surface area (Å²) in [4.78, 5) is 50.3. The average Bonchev–Trinajstić information content (AvgIpc) is 3.78. The first-order valence-corrected chi connectivity index (χ1v) is 23.7. The van der Waals surface area contributed by atoms with Gasteiger partial charge in [0.05, 0.1) is 19.1 Å². The predicted octanol–water partition coefficient (Wildman–Crippen LogP) is 7.22. The van der Waals surface area contributed by atoms with E-state index >= 15 is 0 Å². The molecule has 5 fully saturated rings. The molecule has 4 heterocycles. The maximum Gasteiger partial charge on any atom is 0.257 e. The summed E-state index contributed by atoms with van der Waals surface area (Å²) in [6.07, 6.45) is 13.9. The normalized spacial score (nSPS) is 23.3. The van der Waals surface area contributed by atoms with Crippen LogP contribution in [-0.4, -0.2) is 120 Å². The van der Waals surface area contributed by atoms with Crippen molar-refractivity contribution in [1.29, 1.82) is 0 Å². The van der Waals surface area contributed by atoms with Gasteiger partial charge in [-0.25, -0.2) is 4.39 Å². The predicted molar refractivity (Wildman–Crippen MR) is 243 cm³/mol. The van der Waals surface area contributed by atoms with Gasteiger partial charge in [0.2, 0.25) is 11.8 Å². The van der Waals surface area contributed by atoms with Gasteiger partial charge in [-0.05, 0) is 72.7 Å². The van der Waals surface area contributed by atoms with Gasteiger partial charge in [-0.3, -0.25) is 39.3 Å². The van der Waals surface area contributed by atoms with Crippen molar-refractivity contribution in [2.75, 3.05) is 66.0 Å². The van der Waals surface area contributed by atoms with Gasteiger partial charge in [0.25, 0.3) is 5.91 Å². The van der Waals surface area contributed by atoms with Crippen LogP contribution in [0.15, 0.2) is 65.1 Å². The first-order chi connectivity index (χ1) is 30.2. The molecule has 6 aliphatic rings. The largest absolute Gasteiger partial charge is 0.494 e. The molecule has 3 amide bonds. The molecule has 2 aliphatic carbocycles. The van der Waals surface area contributed by atoms with Crippen molar-refractivity contribution in [3.63, 3.8) is 0 Å². The number of carbonyl (C=O) groups is 3. The summed E-state index contributed by atoms with van der Waals surface area (Å²) >= 11 is 3.50. The summed E-state index contributed by atoms with van der Waals surface area (Å²) < 4.78 is 21.0. The Balaban J connectivity index is 0.000000220. The molecule has 0 unspecified atom stereocenters. The van der Waals surface area contributed by atoms with E-state index in [1.54, 1.807) is 6.07 Å². The van der Waals surface area contributed by atoms with E-state index in [1.165, 1.54) is 124 Å². The Morgan fingerprint density at radius 3 is 1.76 bits per heavy atom. The number of hydrogen-bond donors (Lipinski definition) is 1. The Labute approximate surface area is 375 Å². The molecule has 2 saturated carbocycles. The lowest BCUT2D eigenvalue weighted by Gasteiger charge is -2.40. The number of methoxy groups -OCH3 is 1. The Hall–Kier alpha value is -4.12. The Bertz CT molecular complexity index is 2100. The van der Waals surface area contributed by atoms with E-state index in [2.05, 4.69) is 89.1 Å². The smallest absolute Gasteiger partial charge is 0.257 e. The van der Waals surface area contributed by atoms with Crippen LogP contribution < -0.4 is 10.1 Å². The van der Waals surface area contributed by atoms with Crippen LogP contribution in [0.3, 0.4) is 0 Å². The summed E-state index contributed by atoms with van der Waals surface area (Å²) in [5, 5.41) is 2.34. The molecule has 0 spiro atoms. The van der Waals surface area contributed by atoms with E-state index in [0.29, 0.717) is 5.56 Å². The number of rotatable bonds is 9. The first-order valence-electron chi connectivity index (χ1n) is 22.9. The molecular weight excluding hydrogens is 847 g/mol. The lowest BCUT2D eigenvalue weighted by atomic mass is 9.85. The number of ether oxygens (including phenoxy) is 1. The van der Waals surface area contributed by atoms with Crippen molar-refractivity contribution >= 4 is 33.7 Å². The van der Waals surface area contributed by atoms with Gasteiger partial charge < -0.3 is 9.64 Å². The fraction of sp³-hybridized carbons (Fsp3) is 0.540. The summed E-state index contributed by atoms with van der Waals surface area (Å²) in [6, 6.07) is 21.5. The van der Waals surface area contributed by atoms with Crippen LogP contribution in [0.2, 0.25) is 0 Å². The molecule has 1 atom stereocenters. The maximum atomic E-state index is 14.9. The van der Waals surface area contributed by atoms with Gasteiger partial charge in [-0.1, -0.05) is 96.6 Å². The van der Waals surface area contributed by atoms with Crippen LogP contribution in [0.25, 0.3) is 0 Å². The van der Waals surface area contributed by atoms with Gasteiger partial charge in [0, 0.05) is 101 Å². The number of nitrogens with zero attached hydrogens (tertiary/aromatic N) is 5. The van der Waals surface area contributed by atoms with Gasteiger partial charge in [-0.2, -0.15) is 0 Å². The van der Waals surface area contributed by atoms with Crippen LogP contribution in [0.1, 0.15) is 103 Å². The minimum atomic E-state index is -1.41. The second-order valence-electron chi connectivity index (χ2n) is 18.2. The van der Waals surface area contributed by atoms with Gasteiger partial charge in [-0.15, -0.1) is 0 Å². The number of halogens is 2. The van der Waals surface area contributed by atoms with Crippen LogP contribution in [-0.2, 0) is 29.2 Å². The molecule has 3 aromatic rings. The Morgan fingerprint density at radius 2 is 1.26 bits per heavy atom. The lowest BCUT2D eigenvalue weighted by molar-refractivity contribution is -0.127. The van der Waals surface area contributed by atoms with Gasteiger partial charge in [0.1, 0.15) is 5.41 Å². The number of carbonyl (C=O) groups excluding carboxylic acids is 3. The van der Waals surface area contributed by atoms with Crippen molar-refractivity contribution in [3.8, 4) is 17.6 Å². The molecule has 0 bridgehead atoms. The highest BCUT2D eigenvalue weighted by molar-refractivity contribution is 9.10. The fourth-order valence-corrected chi connectivity index (χ4v) is 10.6. The molecule has 9 rings (SSSR count). The highest BCUT2D eigenvalue weighted by Crippen LogP contribution is 2.36. The number of imide groups is 1. The number of fused-ring (bicyclic) bond motifs is 1. The van der Waals surface area contributed by atoms with E-state index in [9.17, 15) is 18.8 Å². The van der Waals surface area contributed by atoms with Crippen LogP contribution in [0.5, 0.6) is 5.75 Å². The molecule has 62 heavy (non-hydrogen) atoms. The van der Waals surface area contributed by atoms with Crippen molar-refractivity contribution in [2.45, 2.75) is 102 Å². The molecular formula is C50H62BrFN6O4. The third-order valence-electron chi connectivity index (χ3n) is 14.0. The number of amides is 3. The van der Waals surface area contributed by atoms with E-state index in [0.717, 1.165) is 56.9 Å². The van der Waals surface area contributed by atoms with Crippen molar-refractivity contribution in [3.05, 3.63) is 98.8 Å². The zero-order valence-electron chi connectivity index (χ0n) is 36.3. The van der Waals surface area contributed by atoms with Crippen LogP contribution >= 0.6 is 15.9 Å². The second kappa shape index (κ2) is 20.6. The zero-order chi connectivity index (χ0) is 43.1. The van der Waals surface area contributed by atoms with E-state index < -0.39 is 29.0 Å². The first kappa shape index (κ1) is 44.5. The Morgan fingerprint density at radius 1 is 0.726 bits per heavy atom. The molecule has 3 saturated heterocycles. The number of nitrogens with one attached hydrogen (secondary N) is 1. The monoisotopic (exact) mass is 908 g/mol. The number of benzene rings is 3. The highest BCUT2D eigenvalue weighted by atomic mass is 79.9. The highest BCUT2D eigenvalue weighted by Gasteiger charge is 2.49. The van der Waals surface area contributed by atoms with Crippen LogP contribution in [0.4, 0.5) is 4.39 Å². The molecule has 10 nitrogen and oxygen atoms in total. The SMILES string of the molecule is Brc1ccc(CN2CCN(C3CCCCC3)CC2)cc1.COc1ccc2c(c1F)C(=O)N(C[C@]1(C#Cc3ccc(CN4CCN(C5CCCCC5)CC4)cc3)CC(=O)NC1=O)C2. The number of piperazine rings is 2. The van der Waals surface area contributed by atoms with Crippen LogP contribution in [0, 0.1) is 23.1 Å². The lowest BCUT2D eigenvalue weighted by Crippen LogP contribution is -2.50. The number of hydrogen-bond acceptors (Lipinski definition) is 8. The molecule has 3 aromatic carbocycles. The topological polar surface area (TPSA) is 88.7 Å². The maximum absolute atomic E-state index is 14.9.